The molecule has 1 aromatic carbocycles. The molecule has 0 bridgehead atoms. The van der Waals surface area contributed by atoms with Crippen molar-refractivity contribution in [1.82, 2.24) is 15.1 Å². The first kappa shape index (κ1) is 13.5. The van der Waals surface area contributed by atoms with Crippen LogP contribution in [0.5, 0.6) is 5.75 Å². The fourth-order valence-electron chi connectivity index (χ4n) is 2.04. The highest BCUT2D eigenvalue weighted by Crippen LogP contribution is 2.33. The molecule has 0 aliphatic carbocycles. The van der Waals surface area contributed by atoms with Crippen LogP contribution >= 0.6 is 0 Å². The molecule has 5 heteroatoms. The molecule has 0 radical (unpaired) electrons. The lowest BCUT2D eigenvalue weighted by atomic mass is 10.1. The van der Waals surface area contributed by atoms with Crippen molar-refractivity contribution in [2.75, 3.05) is 13.7 Å². The minimum atomic E-state index is -0.323. The molecule has 0 atom stereocenters. The summed E-state index contributed by atoms with van der Waals surface area (Å²) >= 11 is 0. The number of aromatic nitrogens is 2. The maximum Gasteiger partial charge on any atom is 0.136 e. The average molecular weight is 263 g/mol. The zero-order valence-electron chi connectivity index (χ0n) is 11.4. The molecule has 0 saturated carbocycles. The Bertz CT molecular complexity index is 566. The smallest absolute Gasteiger partial charge is 0.136 e. The first-order valence-corrected chi connectivity index (χ1v) is 6.23. The summed E-state index contributed by atoms with van der Waals surface area (Å²) < 4.78 is 21.0. The summed E-state index contributed by atoms with van der Waals surface area (Å²) in [6.45, 7) is 3.53. The third-order valence-electron chi connectivity index (χ3n) is 2.90. The summed E-state index contributed by atoms with van der Waals surface area (Å²) in [7, 11) is 3.36. The monoisotopic (exact) mass is 263 g/mol. The van der Waals surface area contributed by atoms with E-state index in [-0.39, 0.29) is 5.82 Å². The molecular weight excluding hydrogens is 245 g/mol. The van der Waals surface area contributed by atoms with Crippen molar-refractivity contribution in [3.8, 4) is 17.0 Å². The number of rotatable bonds is 5. The van der Waals surface area contributed by atoms with Crippen molar-refractivity contribution < 1.29 is 9.13 Å². The standard InChI is InChI=1S/C14H18FN3O/c1-4-16-8-10-9-18(2)17-14(10)13-11(15)6-5-7-12(13)19-3/h5-7,9,16H,4,8H2,1-3H3. The van der Waals surface area contributed by atoms with E-state index in [1.807, 2.05) is 20.2 Å². The maximum atomic E-state index is 14.1. The van der Waals surface area contributed by atoms with Crippen molar-refractivity contribution in [2.24, 2.45) is 7.05 Å². The summed E-state index contributed by atoms with van der Waals surface area (Å²) in [4.78, 5) is 0. The molecule has 0 fully saturated rings. The van der Waals surface area contributed by atoms with Crippen LogP contribution in [0, 0.1) is 5.82 Å². The lowest BCUT2D eigenvalue weighted by Crippen LogP contribution is -2.12. The predicted molar refractivity (Wildman–Crippen MR) is 72.5 cm³/mol. The third-order valence-corrected chi connectivity index (χ3v) is 2.90. The van der Waals surface area contributed by atoms with Gasteiger partial charge in [0.2, 0.25) is 0 Å². The van der Waals surface area contributed by atoms with E-state index in [2.05, 4.69) is 10.4 Å². The number of nitrogens with one attached hydrogen (secondary N) is 1. The summed E-state index contributed by atoms with van der Waals surface area (Å²) in [6.07, 6.45) is 1.89. The van der Waals surface area contributed by atoms with Gasteiger partial charge in [-0.3, -0.25) is 4.68 Å². The normalized spacial score (nSPS) is 10.7. The van der Waals surface area contributed by atoms with Crippen molar-refractivity contribution in [3.05, 3.63) is 35.8 Å². The first-order chi connectivity index (χ1) is 9.17. The Morgan fingerprint density at radius 3 is 2.89 bits per heavy atom. The van der Waals surface area contributed by atoms with Gasteiger partial charge in [-0.05, 0) is 18.7 Å². The SMILES string of the molecule is CCNCc1cn(C)nc1-c1c(F)cccc1OC. The Morgan fingerprint density at radius 1 is 1.42 bits per heavy atom. The molecule has 19 heavy (non-hydrogen) atoms. The van der Waals surface area contributed by atoms with E-state index >= 15 is 0 Å². The number of nitrogens with zero attached hydrogens (tertiary/aromatic N) is 2. The molecule has 102 valence electrons. The van der Waals surface area contributed by atoms with Crippen LogP contribution in [0.15, 0.2) is 24.4 Å². The molecule has 0 aliphatic heterocycles. The van der Waals surface area contributed by atoms with Crippen LogP contribution in [-0.4, -0.2) is 23.4 Å². The fourth-order valence-corrected chi connectivity index (χ4v) is 2.04. The Balaban J connectivity index is 2.52. The topological polar surface area (TPSA) is 39.1 Å². The first-order valence-electron chi connectivity index (χ1n) is 6.23. The number of benzene rings is 1. The minimum absolute atomic E-state index is 0.323. The van der Waals surface area contributed by atoms with E-state index in [1.165, 1.54) is 13.2 Å². The lowest BCUT2D eigenvalue weighted by molar-refractivity contribution is 0.413. The lowest BCUT2D eigenvalue weighted by Gasteiger charge is -2.09. The molecule has 1 aromatic heterocycles. The Labute approximate surface area is 112 Å². The van der Waals surface area contributed by atoms with Crippen molar-refractivity contribution in [2.45, 2.75) is 13.5 Å². The number of halogens is 1. The van der Waals surface area contributed by atoms with Gasteiger partial charge in [0, 0.05) is 25.4 Å². The van der Waals surface area contributed by atoms with Gasteiger partial charge in [-0.2, -0.15) is 5.10 Å². The van der Waals surface area contributed by atoms with Gasteiger partial charge in [-0.25, -0.2) is 4.39 Å². The van der Waals surface area contributed by atoms with Gasteiger partial charge in [0.1, 0.15) is 17.3 Å². The summed E-state index contributed by atoms with van der Waals surface area (Å²) in [5, 5.41) is 7.59. The molecule has 2 rings (SSSR count). The minimum Gasteiger partial charge on any atom is -0.496 e. The van der Waals surface area contributed by atoms with Gasteiger partial charge in [-0.15, -0.1) is 0 Å². The fraction of sp³-hybridized carbons (Fsp3) is 0.357. The Kier molecular flexibility index (Phi) is 4.16. The summed E-state index contributed by atoms with van der Waals surface area (Å²) in [5.41, 5.74) is 1.99. The number of hydrogen-bond donors (Lipinski definition) is 1. The second-order valence-electron chi connectivity index (χ2n) is 4.27. The van der Waals surface area contributed by atoms with Gasteiger partial charge in [0.25, 0.3) is 0 Å². The van der Waals surface area contributed by atoms with Gasteiger partial charge in [0.05, 0.1) is 12.7 Å². The molecule has 0 aliphatic rings. The number of aryl methyl sites for hydroxylation is 1. The Hall–Kier alpha value is -1.88. The highest BCUT2D eigenvalue weighted by Gasteiger charge is 2.18. The third kappa shape index (κ3) is 2.76. The quantitative estimate of drug-likeness (QED) is 0.900. The van der Waals surface area contributed by atoms with E-state index < -0.39 is 0 Å². The van der Waals surface area contributed by atoms with Crippen LogP contribution in [0.1, 0.15) is 12.5 Å². The van der Waals surface area contributed by atoms with Crippen LogP contribution in [-0.2, 0) is 13.6 Å². The molecule has 0 amide bonds. The molecule has 1 N–H and O–H groups in total. The molecule has 1 heterocycles. The van der Waals surface area contributed by atoms with E-state index in [1.54, 1.807) is 16.8 Å². The number of ether oxygens (including phenoxy) is 1. The summed E-state index contributed by atoms with van der Waals surface area (Å²) in [6, 6.07) is 4.79. The molecule has 0 spiro atoms. The average Bonchev–Trinajstić information content (AvgIpc) is 2.76. The van der Waals surface area contributed by atoms with Crippen LogP contribution in [0.2, 0.25) is 0 Å². The van der Waals surface area contributed by atoms with Crippen LogP contribution < -0.4 is 10.1 Å². The number of hydrogen-bond acceptors (Lipinski definition) is 3. The van der Waals surface area contributed by atoms with Crippen molar-refractivity contribution >= 4 is 0 Å². The summed E-state index contributed by atoms with van der Waals surface area (Å²) in [5.74, 6) is 0.173. The van der Waals surface area contributed by atoms with Crippen LogP contribution in [0.3, 0.4) is 0 Å². The molecule has 2 aromatic rings. The van der Waals surface area contributed by atoms with Gasteiger partial charge >= 0.3 is 0 Å². The molecular formula is C14H18FN3O. The molecule has 0 saturated heterocycles. The zero-order valence-corrected chi connectivity index (χ0v) is 11.4. The second kappa shape index (κ2) is 5.84. The molecule has 0 unspecified atom stereocenters. The highest BCUT2D eigenvalue weighted by atomic mass is 19.1. The van der Waals surface area contributed by atoms with Gasteiger partial charge < -0.3 is 10.1 Å². The van der Waals surface area contributed by atoms with Gasteiger partial charge in [-0.1, -0.05) is 13.0 Å². The van der Waals surface area contributed by atoms with Crippen LogP contribution in [0.25, 0.3) is 11.3 Å². The molecule has 4 nitrogen and oxygen atoms in total. The van der Waals surface area contributed by atoms with Crippen molar-refractivity contribution in [3.63, 3.8) is 0 Å². The predicted octanol–water partition coefficient (Wildman–Crippen LogP) is 2.34. The van der Waals surface area contributed by atoms with Crippen molar-refractivity contribution in [1.29, 1.82) is 0 Å². The maximum absolute atomic E-state index is 14.1. The van der Waals surface area contributed by atoms with E-state index in [0.29, 0.717) is 23.6 Å². The zero-order chi connectivity index (χ0) is 13.8. The Morgan fingerprint density at radius 2 is 2.21 bits per heavy atom. The van der Waals surface area contributed by atoms with E-state index in [4.69, 9.17) is 4.74 Å². The van der Waals surface area contributed by atoms with Gasteiger partial charge in [0.15, 0.2) is 0 Å². The van der Waals surface area contributed by atoms with E-state index in [0.717, 1.165) is 12.1 Å². The van der Waals surface area contributed by atoms with Crippen LogP contribution in [0.4, 0.5) is 4.39 Å². The largest absolute Gasteiger partial charge is 0.496 e. The number of methoxy groups -OCH3 is 1. The highest BCUT2D eigenvalue weighted by molar-refractivity contribution is 5.70. The van der Waals surface area contributed by atoms with E-state index in [9.17, 15) is 4.39 Å². The second-order valence-corrected chi connectivity index (χ2v) is 4.27.